The maximum absolute atomic E-state index is 11.6. The van der Waals surface area contributed by atoms with Crippen LogP contribution in [-0.4, -0.2) is 22.1 Å². The maximum atomic E-state index is 11.6. The van der Waals surface area contributed by atoms with E-state index in [1.54, 1.807) is 18.6 Å². The predicted octanol–water partition coefficient (Wildman–Crippen LogP) is 1.73. The lowest BCUT2D eigenvalue weighted by Crippen LogP contribution is -2.23. The van der Waals surface area contributed by atoms with Gasteiger partial charge in [0.1, 0.15) is 0 Å². The molecule has 1 atom stereocenters. The van der Waals surface area contributed by atoms with Crippen molar-refractivity contribution in [3.63, 3.8) is 0 Å². The Balaban J connectivity index is 1.53. The Morgan fingerprint density at radius 3 is 3.11 bits per heavy atom. The van der Waals surface area contributed by atoms with E-state index in [1.807, 2.05) is 29.0 Å². The molecule has 0 aliphatic carbocycles. The third kappa shape index (κ3) is 2.51. The lowest BCUT2D eigenvalue weighted by atomic mass is 10.1. The SMILES string of the molecule is O=C1OC(NCCCn2ccnc2)c2ccccc21. The van der Waals surface area contributed by atoms with Crippen molar-refractivity contribution in [2.24, 2.45) is 0 Å². The number of esters is 1. The van der Waals surface area contributed by atoms with Crippen molar-refractivity contribution < 1.29 is 9.53 Å². The number of nitrogens with zero attached hydrogens (tertiary/aromatic N) is 2. The summed E-state index contributed by atoms with van der Waals surface area (Å²) in [6.07, 6.45) is 6.14. The van der Waals surface area contributed by atoms with Gasteiger partial charge < -0.3 is 9.30 Å². The van der Waals surface area contributed by atoms with Crippen LogP contribution in [-0.2, 0) is 11.3 Å². The molecule has 5 nitrogen and oxygen atoms in total. The molecule has 0 radical (unpaired) electrons. The van der Waals surface area contributed by atoms with Crippen LogP contribution in [0.1, 0.15) is 28.6 Å². The third-order valence-electron chi connectivity index (χ3n) is 3.17. The van der Waals surface area contributed by atoms with E-state index >= 15 is 0 Å². The molecule has 0 fully saturated rings. The fourth-order valence-corrected chi connectivity index (χ4v) is 2.21. The summed E-state index contributed by atoms with van der Waals surface area (Å²) in [4.78, 5) is 15.6. The zero-order valence-electron chi connectivity index (χ0n) is 10.5. The number of aromatic nitrogens is 2. The number of fused-ring (bicyclic) bond motifs is 1. The summed E-state index contributed by atoms with van der Waals surface area (Å²) >= 11 is 0. The largest absolute Gasteiger partial charge is 0.439 e. The summed E-state index contributed by atoms with van der Waals surface area (Å²) in [5, 5.41) is 3.25. The van der Waals surface area contributed by atoms with Crippen LogP contribution in [0.2, 0.25) is 0 Å². The van der Waals surface area contributed by atoms with E-state index in [0.717, 1.165) is 25.1 Å². The van der Waals surface area contributed by atoms with Crippen LogP contribution in [0.4, 0.5) is 0 Å². The summed E-state index contributed by atoms with van der Waals surface area (Å²) in [6.45, 7) is 1.68. The van der Waals surface area contributed by atoms with E-state index in [4.69, 9.17) is 4.74 Å². The number of hydrogen-bond acceptors (Lipinski definition) is 4. The number of imidazole rings is 1. The molecule has 98 valence electrons. The van der Waals surface area contributed by atoms with Gasteiger partial charge in [0.2, 0.25) is 0 Å². The third-order valence-corrected chi connectivity index (χ3v) is 3.17. The highest BCUT2D eigenvalue weighted by Gasteiger charge is 2.29. The molecule has 0 saturated carbocycles. The van der Waals surface area contributed by atoms with Crippen LogP contribution in [0.5, 0.6) is 0 Å². The molecular weight excluding hydrogens is 242 g/mol. The molecule has 0 bridgehead atoms. The average molecular weight is 257 g/mol. The lowest BCUT2D eigenvalue weighted by molar-refractivity contribution is 0.0308. The lowest BCUT2D eigenvalue weighted by Gasteiger charge is -2.12. The summed E-state index contributed by atoms with van der Waals surface area (Å²) in [5.74, 6) is -0.247. The van der Waals surface area contributed by atoms with E-state index in [1.165, 1.54) is 0 Å². The van der Waals surface area contributed by atoms with Gasteiger partial charge in [-0.3, -0.25) is 5.32 Å². The van der Waals surface area contributed by atoms with E-state index < -0.39 is 0 Å². The first-order valence-electron chi connectivity index (χ1n) is 6.33. The number of carbonyl (C=O) groups is 1. The topological polar surface area (TPSA) is 56.1 Å². The molecule has 0 spiro atoms. The fourth-order valence-electron chi connectivity index (χ4n) is 2.21. The first-order chi connectivity index (χ1) is 9.34. The molecule has 2 heterocycles. The molecular formula is C14H15N3O2. The second kappa shape index (κ2) is 5.24. The minimum Gasteiger partial charge on any atom is -0.439 e. The number of ether oxygens (including phenoxy) is 1. The molecule has 0 amide bonds. The first kappa shape index (κ1) is 11.9. The van der Waals surface area contributed by atoms with Crippen molar-refractivity contribution in [3.8, 4) is 0 Å². The molecule has 2 aromatic rings. The van der Waals surface area contributed by atoms with Gasteiger partial charge in [0.25, 0.3) is 0 Å². The monoisotopic (exact) mass is 257 g/mol. The molecule has 3 rings (SSSR count). The van der Waals surface area contributed by atoms with Crippen molar-refractivity contribution >= 4 is 5.97 Å². The number of cyclic esters (lactones) is 1. The Morgan fingerprint density at radius 1 is 1.37 bits per heavy atom. The van der Waals surface area contributed by atoms with Gasteiger partial charge in [-0.05, 0) is 12.5 Å². The smallest absolute Gasteiger partial charge is 0.340 e. The van der Waals surface area contributed by atoms with Crippen molar-refractivity contribution in [3.05, 3.63) is 54.1 Å². The highest BCUT2D eigenvalue weighted by Crippen LogP contribution is 2.27. The Bertz CT molecular complexity index is 566. The zero-order chi connectivity index (χ0) is 13.1. The molecule has 1 unspecified atom stereocenters. The molecule has 1 N–H and O–H groups in total. The Labute approximate surface area is 111 Å². The maximum Gasteiger partial charge on any atom is 0.340 e. The van der Waals surface area contributed by atoms with Crippen LogP contribution >= 0.6 is 0 Å². The van der Waals surface area contributed by atoms with Gasteiger partial charge in [0, 0.05) is 31.0 Å². The first-order valence-corrected chi connectivity index (χ1v) is 6.33. The van der Waals surface area contributed by atoms with Crippen molar-refractivity contribution in [2.45, 2.75) is 19.2 Å². The molecule has 1 aromatic carbocycles. The normalized spacial score (nSPS) is 17.3. The van der Waals surface area contributed by atoms with Crippen molar-refractivity contribution in [1.82, 2.24) is 14.9 Å². The highest BCUT2D eigenvalue weighted by molar-refractivity contribution is 5.93. The fraction of sp³-hybridized carbons (Fsp3) is 0.286. The van der Waals surface area contributed by atoms with E-state index in [2.05, 4.69) is 10.3 Å². The summed E-state index contributed by atoms with van der Waals surface area (Å²) in [7, 11) is 0. The van der Waals surface area contributed by atoms with E-state index in [0.29, 0.717) is 5.56 Å². The minimum absolute atomic E-state index is 0.247. The number of carbonyl (C=O) groups excluding carboxylic acids is 1. The standard InChI is InChI=1S/C14H15N3O2/c18-14-12-5-2-1-4-11(12)13(19-14)16-6-3-8-17-9-7-15-10-17/h1-2,4-5,7,9-10,13,16H,3,6,8H2. The van der Waals surface area contributed by atoms with E-state index in [9.17, 15) is 4.79 Å². The minimum atomic E-state index is -0.313. The number of nitrogens with one attached hydrogen (secondary N) is 1. The Kier molecular flexibility index (Phi) is 3.29. The molecule has 5 heteroatoms. The number of hydrogen-bond donors (Lipinski definition) is 1. The number of benzene rings is 1. The van der Waals surface area contributed by atoms with Gasteiger partial charge in [-0.1, -0.05) is 18.2 Å². The highest BCUT2D eigenvalue weighted by atomic mass is 16.6. The molecule has 19 heavy (non-hydrogen) atoms. The number of aryl methyl sites for hydroxylation is 1. The van der Waals surface area contributed by atoms with Crippen LogP contribution in [0.15, 0.2) is 43.0 Å². The predicted molar refractivity (Wildman–Crippen MR) is 69.4 cm³/mol. The summed E-state index contributed by atoms with van der Waals surface area (Å²) < 4.78 is 7.32. The molecule has 1 aliphatic heterocycles. The van der Waals surface area contributed by atoms with Gasteiger partial charge in [-0.15, -0.1) is 0 Å². The van der Waals surface area contributed by atoms with Crippen LogP contribution in [0, 0.1) is 0 Å². The van der Waals surface area contributed by atoms with Gasteiger partial charge in [0.05, 0.1) is 11.9 Å². The second-order valence-electron chi connectivity index (χ2n) is 4.48. The summed E-state index contributed by atoms with van der Waals surface area (Å²) in [6, 6.07) is 7.49. The Hall–Kier alpha value is -2.14. The average Bonchev–Trinajstić information content (AvgIpc) is 3.04. The second-order valence-corrected chi connectivity index (χ2v) is 4.48. The molecule has 1 aliphatic rings. The number of rotatable bonds is 5. The van der Waals surface area contributed by atoms with E-state index in [-0.39, 0.29) is 12.2 Å². The van der Waals surface area contributed by atoms with Crippen LogP contribution in [0.3, 0.4) is 0 Å². The van der Waals surface area contributed by atoms with Gasteiger partial charge in [-0.2, -0.15) is 0 Å². The molecule has 0 saturated heterocycles. The van der Waals surface area contributed by atoms with Gasteiger partial charge in [0.15, 0.2) is 6.23 Å². The molecule has 1 aromatic heterocycles. The Morgan fingerprint density at radius 2 is 2.26 bits per heavy atom. The quantitative estimate of drug-likeness (QED) is 0.654. The van der Waals surface area contributed by atoms with Crippen molar-refractivity contribution in [2.75, 3.05) is 6.54 Å². The summed E-state index contributed by atoms with van der Waals surface area (Å²) in [5.41, 5.74) is 1.59. The van der Waals surface area contributed by atoms with Crippen LogP contribution < -0.4 is 5.32 Å². The van der Waals surface area contributed by atoms with Gasteiger partial charge >= 0.3 is 5.97 Å². The zero-order valence-corrected chi connectivity index (χ0v) is 10.5. The van der Waals surface area contributed by atoms with Gasteiger partial charge in [-0.25, -0.2) is 9.78 Å². The van der Waals surface area contributed by atoms with Crippen LogP contribution in [0.25, 0.3) is 0 Å². The van der Waals surface area contributed by atoms with Crippen molar-refractivity contribution in [1.29, 1.82) is 0 Å².